The molecule has 2 aromatic carbocycles. The molecule has 2 aromatic rings. The van der Waals surface area contributed by atoms with Crippen LogP contribution in [0, 0.1) is 17.6 Å². The third-order valence-electron chi connectivity index (χ3n) is 5.93. The fourth-order valence-electron chi connectivity index (χ4n) is 3.90. The van der Waals surface area contributed by atoms with Gasteiger partial charge >= 0.3 is 0 Å². The maximum absolute atomic E-state index is 13.4. The third kappa shape index (κ3) is 6.74. The van der Waals surface area contributed by atoms with Crippen LogP contribution in [0.15, 0.2) is 47.4 Å². The minimum Gasteiger partial charge on any atom is -0.497 e. The number of methoxy groups -OCH3 is 1. The molecule has 0 saturated carbocycles. The number of likely N-dealkylation sites (tertiary alicyclic amines) is 1. The zero-order valence-corrected chi connectivity index (χ0v) is 20.4. The lowest BCUT2D eigenvalue weighted by atomic mass is 10.0. The van der Waals surface area contributed by atoms with Gasteiger partial charge in [-0.3, -0.25) is 9.69 Å². The molecular weight excluding hydrogens is 464 g/mol. The highest BCUT2D eigenvalue weighted by atomic mass is 32.2. The van der Waals surface area contributed by atoms with E-state index in [4.69, 9.17) is 4.74 Å². The number of ether oxygens (including phenoxy) is 1. The molecule has 0 spiro atoms. The normalized spacial score (nSPS) is 16.4. The number of nitrogens with one attached hydrogen (secondary N) is 2. The highest BCUT2D eigenvalue weighted by molar-refractivity contribution is 7.89. The van der Waals surface area contributed by atoms with Crippen molar-refractivity contribution in [1.29, 1.82) is 0 Å². The molecule has 1 atom stereocenters. The molecule has 0 radical (unpaired) electrons. The Kier molecular flexibility index (Phi) is 8.62. The van der Waals surface area contributed by atoms with Crippen LogP contribution in [0.3, 0.4) is 0 Å². The molecule has 10 heteroatoms. The number of nitrogens with zero attached hydrogens (tertiary/aromatic N) is 1. The fourth-order valence-corrected chi connectivity index (χ4v) is 5.25. The standard InChI is InChI=1S/C24H31F2N3O4S/c1-16(2)23(28-34(31,32)20-7-5-19(33-3)6-8-20)24(30)27-18-10-12-29(13-11-18)15-17-4-9-21(25)22(26)14-17/h4-9,14,16,18,23,28H,10-13,15H2,1-3H3,(H,27,30)/t23-/m0/s1. The van der Waals surface area contributed by atoms with Gasteiger partial charge in [0.05, 0.1) is 12.0 Å². The minimum atomic E-state index is -3.90. The molecule has 0 unspecified atom stereocenters. The number of hydrogen-bond donors (Lipinski definition) is 2. The van der Waals surface area contributed by atoms with E-state index in [0.717, 1.165) is 6.07 Å². The summed E-state index contributed by atoms with van der Waals surface area (Å²) in [6.45, 7) is 5.41. The Bertz CT molecular complexity index is 1090. The van der Waals surface area contributed by atoms with Crippen LogP contribution >= 0.6 is 0 Å². The number of benzene rings is 2. The van der Waals surface area contributed by atoms with Gasteiger partial charge in [0.1, 0.15) is 11.8 Å². The van der Waals surface area contributed by atoms with Crippen molar-refractivity contribution in [1.82, 2.24) is 14.9 Å². The second kappa shape index (κ2) is 11.2. The molecule has 1 fully saturated rings. The maximum Gasteiger partial charge on any atom is 0.241 e. The molecule has 1 amide bonds. The van der Waals surface area contributed by atoms with Crippen LogP contribution in [0.5, 0.6) is 5.75 Å². The lowest BCUT2D eigenvalue weighted by Crippen LogP contribution is -2.53. The van der Waals surface area contributed by atoms with Gasteiger partial charge in [0.2, 0.25) is 15.9 Å². The minimum absolute atomic E-state index is 0.0530. The Morgan fingerprint density at radius 2 is 1.74 bits per heavy atom. The summed E-state index contributed by atoms with van der Waals surface area (Å²) >= 11 is 0. The van der Waals surface area contributed by atoms with Gasteiger partial charge < -0.3 is 10.1 Å². The highest BCUT2D eigenvalue weighted by Gasteiger charge is 2.30. The average molecular weight is 496 g/mol. The van der Waals surface area contributed by atoms with E-state index in [1.54, 1.807) is 32.0 Å². The summed E-state index contributed by atoms with van der Waals surface area (Å²) in [5.74, 6) is -1.83. The summed E-state index contributed by atoms with van der Waals surface area (Å²) in [6.07, 6.45) is 1.34. The number of amides is 1. The Hall–Kier alpha value is -2.56. The summed E-state index contributed by atoms with van der Waals surface area (Å²) in [5, 5.41) is 2.97. The van der Waals surface area contributed by atoms with Crippen LogP contribution in [0.4, 0.5) is 8.78 Å². The first-order valence-electron chi connectivity index (χ1n) is 11.2. The van der Waals surface area contributed by atoms with Crippen molar-refractivity contribution in [2.45, 2.75) is 50.2 Å². The zero-order valence-electron chi connectivity index (χ0n) is 19.6. The van der Waals surface area contributed by atoms with Gasteiger partial charge in [0.25, 0.3) is 0 Å². The van der Waals surface area contributed by atoms with E-state index in [2.05, 4.69) is 14.9 Å². The summed E-state index contributed by atoms with van der Waals surface area (Å²) in [5.41, 5.74) is 0.689. The molecule has 1 heterocycles. The first kappa shape index (κ1) is 26.1. The van der Waals surface area contributed by atoms with Gasteiger partial charge in [0, 0.05) is 25.7 Å². The largest absolute Gasteiger partial charge is 0.497 e. The summed E-state index contributed by atoms with van der Waals surface area (Å²) < 4.78 is 59.8. The van der Waals surface area contributed by atoms with Gasteiger partial charge in [-0.05, 0) is 60.7 Å². The lowest BCUT2D eigenvalue weighted by Gasteiger charge is -2.33. The maximum atomic E-state index is 13.4. The molecule has 0 aromatic heterocycles. The summed E-state index contributed by atoms with van der Waals surface area (Å²) in [7, 11) is -2.40. The first-order chi connectivity index (χ1) is 16.1. The fraction of sp³-hybridized carbons (Fsp3) is 0.458. The second-order valence-corrected chi connectivity index (χ2v) is 10.5. The third-order valence-corrected chi connectivity index (χ3v) is 7.38. The number of sulfonamides is 1. The second-order valence-electron chi connectivity index (χ2n) is 8.83. The van der Waals surface area contributed by atoms with Crippen molar-refractivity contribution in [3.63, 3.8) is 0 Å². The lowest BCUT2D eigenvalue weighted by molar-refractivity contribution is -0.124. The van der Waals surface area contributed by atoms with E-state index >= 15 is 0 Å². The Morgan fingerprint density at radius 3 is 2.29 bits per heavy atom. The zero-order chi connectivity index (χ0) is 24.9. The number of carbonyl (C=O) groups excluding carboxylic acids is 1. The van der Waals surface area contributed by atoms with Gasteiger partial charge in [-0.2, -0.15) is 4.72 Å². The van der Waals surface area contributed by atoms with Gasteiger partial charge in [-0.25, -0.2) is 17.2 Å². The quantitative estimate of drug-likeness (QED) is 0.558. The predicted octanol–water partition coefficient (Wildman–Crippen LogP) is 3.06. The van der Waals surface area contributed by atoms with Crippen molar-refractivity contribution in [2.24, 2.45) is 5.92 Å². The van der Waals surface area contributed by atoms with Crippen molar-refractivity contribution >= 4 is 15.9 Å². The molecule has 3 rings (SSSR count). The number of hydrogen-bond acceptors (Lipinski definition) is 5. The van der Waals surface area contributed by atoms with E-state index in [9.17, 15) is 22.0 Å². The number of piperidine rings is 1. The van der Waals surface area contributed by atoms with Crippen LogP contribution in [-0.2, 0) is 21.4 Å². The first-order valence-corrected chi connectivity index (χ1v) is 12.7. The molecule has 0 aliphatic carbocycles. The molecule has 2 N–H and O–H groups in total. The molecule has 1 saturated heterocycles. The van der Waals surface area contributed by atoms with E-state index in [0.29, 0.717) is 43.8 Å². The van der Waals surface area contributed by atoms with Crippen molar-refractivity contribution < 1.29 is 26.7 Å². The van der Waals surface area contributed by atoms with E-state index in [1.807, 2.05) is 0 Å². The van der Waals surface area contributed by atoms with Crippen LogP contribution < -0.4 is 14.8 Å². The molecule has 34 heavy (non-hydrogen) atoms. The van der Waals surface area contributed by atoms with Crippen molar-refractivity contribution in [3.8, 4) is 5.75 Å². The number of carbonyl (C=O) groups is 1. The molecule has 1 aliphatic rings. The van der Waals surface area contributed by atoms with E-state index in [1.165, 1.54) is 25.3 Å². The van der Waals surface area contributed by atoms with Crippen molar-refractivity contribution in [3.05, 3.63) is 59.7 Å². The van der Waals surface area contributed by atoms with Crippen LogP contribution in [-0.4, -0.2) is 51.5 Å². The highest BCUT2D eigenvalue weighted by Crippen LogP contribution is 2.19. The van der Waals surface area contributed by atoms with Crippen LogP contribution in [0.1, 0.15) is 32.3 Å². The predicted molar refractivity (Wildman–Crippen MR) is 125 cm³/mol. The van der Waals surface area contributed by atoms with Gasteiger partial charge in [-0.15, -0.1) is 0 Å². The molecule has 1 aliphatic heterocycles. The Balaban J connectivity index is 1.55. The SMILES string of the molecule is COc1ccc(S(=O)(=O)N[C@H](C(=O)NC2CCN(Cc3ccc(F)c(F)c3)CC2)C(C)C)cc1. The van der Waals surface area contributed by atoms with Gasteiger partial charge in [-0.1, -0.05) is 19.9 Å². The monoisotopic (exact) mass is 495 g/mol. The topological polar surface area (TPSA) is 87.7 Å². The van der Waals surface area contributed by atoms with Gasteiger partial charge in [0.15, 0.2) is 11.6 Å². The molecule has 186 valence electrons. The van der Waals surface area contributed by atoms with E-state index in [-0.39, 0.29) is 22.8 Å². The molecule has 7 nitrogen and oxygen atoms in total. The Morgan fingerprint density at radius 1 is 1.09 bits per heavy atom. The number of rotatable bonds is 9. The molecular formula is C24H31F2N3O4S. The van der Waals surface area contributed by atoms with E-state index < -0.39 is 27.7 Å². The molecule has 0 bridgehead atoms. The van der Waals surface area contributed by atoms with Crippen LogP contribution in [0.2, 0.25) is 0 Å². The summed E-state index contributed by atoms with van der Waals surface area (Å²) in [6, 6.07) is 8.82. The number of halogens is 2. The average Bonchev–Trinajstić information content (AvgIpc) is 2.81. The Labute approximate surface area is 199 Å². The smallest absolute Gasteiger partial charge is 0.241 e. The summed E-state index contributed by atoms with van der Waals surface area (Å²) in [4.78, 5) is 15.1. The van der Waals surface area contributed by atoms with Crippen molar-refractivity contribution in [2.75, 3.05) is 20.2 Å². The van der Waals surface area contributed by atoms with Crippen LogP contribution in [0.25, 0.3) is 0 Å².